The molecular weight excluding hydrogens is 314 g/mol. The number of fused-ring (bicyclic) bond motifs is 1. The van der Waals surface area contributed by atoms with Crippen molar-refractivity contribution < 1.29 is 9.47 Å². The molecule has 2 fully saturated rings. The quantitative estimate of drug-likeness (QED) is 0.656. The second kappa shape index (κ2) is 6.21. The van der Waals surface area contributed by atoms with E-state index < -0.39 is 0 Å². The average molecular weight is 338 g/mol. The Morgan fingerprint density at radius 2 is 2.26 bits per heavy atom. The van der Waals surface area contributed by atoms with Crippen LogP contribution in [0.1, 0.15) is 26.7 Å². The molecule has 126 valence electrons. The second-order valence-electron chi connectivity index (χ2n) is 6.85. The lowest BCUT2D eigenvalue weighted by Gasteiger charge is -2.58. The summed E-state index contributed by atoms with van der Waals surface area (Å²) in [6.07, 6.45) is 2.56. The number of aliphatic imine (C=N–C) groups is 1. The van der Waals surface area contributed by atoms with Crippen LogP contribution in [-0.4, -0.2) is 31.8 Å². The molecule has 1 aliphatic heterocycles. The second-order valence-corrected chi connectivity index (χ2v) is 7.26. The van der Waals surface area contributed by atoms with Crippen LogP contribution in [0.2, 0.25) is 5.02 Å². The van der Waals surface area contributed by atoms with Crippen LogP contribution in [0, 0.1) is 11.3 Å². The van der Waals surface area contributed by atoms with E-state index in [-0.39, 0.29) is 11.5 Å². The molecule has 2 aliphatic rings. The fourth-order valence-corrected chi connectivity index (χ4v) is 4.09. The van der Waals surface area contributed by atoms with Gasteiger partial charge in [-0.3, -0.25) is 0 Å². The Hall–Kier alpha value is -1.46. The van der Waals surface area contributed by atoms with Crippen LogP contribution in [0.3, 0.4) is 0 Å². The SMILES string of the molecule is COc1ccc(NC(N)=NC2C3CCCOC3C2(C)C)cc1Cl. The van der Waals surface area contributed by atoms with E-state index in [0.717, 1.165) is 25.1 Å². The molecule has 1 heterocycles. The van der Waals surface area contributed by atoms with E-state index in [9.17, 15) is 0 Å². The summed E-state index contributed by atoms with van der Waals surface area (Å²) >= 11 is 6.13. The van der Waals surface area contributed by atoms with Gasteiger partial charge in [-0.2, -0.15) is 0 Å². The van der Waals surface area contributed by atoms with Gasteiger partial charge in [0.15, 0.2) is 5.96 Å². The Morgan fingerprint density at radius 1 is 1.48 bits per heavy atom. The minimum atomic E-state index is 0.0228. The summed E-state index contributed by atoms with van der Waals surface area (Å²) in [5, 5.41) is 3.65. The maximum atomic E-state index is 6.13. The van der Waals surface area contributed by atoms with Gasteiger partial charge < -0.3 is 20.5 Å². The number of nitrogens with one attached hydrogen (secondary N) is 1. The van der Waals surface area contributed by atoms with Crippen molar-refractivity contribution in [3.05, 3.63) is 23.2 Å². The summed E-state index contributed by atoms with van der Waals surface area (Å²) in [4.78, 5) is 4.72. The first-order valence-corrected chi connectivity index (χ1v) is 8.36. The molecule has 1 aromatic rings. The largest absolute Gasteiger partial charge is 0.495 e. The number of ether oxygens (including phenoxy) is 2. The van der Waals surface area contributed by atoms with Crippen molar-refractivity contribution in [1.82, 2.24) is 0 Å². The first-order chi connectivity index (χ1) is 10.9. The van der Waals surface area contributed by atoms with E-state index >= 15 is 0 Å². The minimum Gasteiger partial charge on any atom is -0.495 e. The molecule has 3 atom stereocenters. The van der Waals surface area contributed by atoms with Gasteiger partial charge in [0.1, 0.15) is 5.75 Å². The van der Waals surface area contributed by atoms with Crippen molar-refractivity contribution in [3.63, 3.8) is 0 Å². The number of guanidine groups is 1. The summed E-state index contributed by atoms with van der Waals surface area (Å²) < 4.78 is 11.0. The zero-order valence-corrected chi connectivity index (χ0v) is 14.6. The lowest BCUT2D eigenvalue weighted by atomic mass is 9.55. The molecule has 0 bridgehead atoms. The van der Waals surface area contributed by atoms with Gasteiger partial charge in [-0.05, 0) is 31.0 Å². The molecule has 0 aromatic heterocycles. The summed E-state index contributed by atoms with van der Waals surface area (Å²) in [6.45, 7) is 5.26. The normalized spacial score (nSPS) is 29.4. The van der Waals surface area contributed by atoms with Gasteiger partial charge in [0, 0.05) is 23.6 Å². The Bertz CT molecular complexity index is 618. The first kappa shape index (κ1) is 16.4. The highest BCUT2D eigenvalue weighted by Crippen LogP contribution is 2.53. The van der Waals surface area contributed by atoms with Gasteiger partial charge in [0.05, 0.1) is 24.3 Å². The predicted octanol–water partition coefficient (Wildman–Crippen LogP) is 3.28. The fourth-order valence-electron chi connectivity index (χ4n) is 3.83. The van der Waals surface area contributed by atoms with Crippen LogP contribution < -0.4 is 15.8 Å². The highest BCUT2D eigenvalue weighted by Gasteiger charge is 2.58. The number of nitrogens with zero attached hydrogens (tertiary/aromatic N) is 1. The lowest BCUT2D eigenvalue weighted by molar-refractivity contribution is -0.182. The number of hydrogen-bond donors (Lipinski definition) is 2. The monoisotopic (exact) mass is 337 g/mol. The number of anilines is 1. The Balaban J connectivity index is 1.71. The van der Waals surface area contributed by atoms with Gasteiger partial charge in [-0.25, -0.2) is 4.99 Å². The zero-order valence-electron chi connectivity index (χ0n) is 13.8. The Kier molecular flexibility index (Phi) is 4.43. The van der Waals surface area contributed by atoms with E-state index in [1.807, 2.05) is 6.07 Å². The van der Waals surface area contributed by atoms with E-state index in [1.165, 1.54) is 0 Å². The average Bonchev–Trinajstić information content (AvgIpc) is 2.53. The predicted molar refractivity (Wildman–Crippen MR) is 93.3 cm³/mol. The third-order valence-electron chi connectivity index (χ3n) is 4.97. The summed E-state index contributed by atoms with van der Waals surface area (Å²) in [5.74, 6) is 1.52. The zero-order chi connectivity index (χ0) is 16.6. The van der Waals surface area contributed by atoms with Crippen LogP contribution in [0.4, 0.5) is 5.69 Å². The molecule has 23 heavy (non-hydrogen) atoms. The van der Waals surface area contributed by atoms with Crippen LogP contribution in [0.25, 0.3) is 0 Å². The molecule has 0 spiro atoms. The summed E-state index contributed by atoms with van der Waals surface area (Å²) in [5.41, 5.74) is 6.92. The molecule has 3 rings (SSSR count). The van der Waals surface area contributed by atoms with Crippen molar-refractivity contribution in [2.75, 3.05) is 19.0 Å². The van der Waals surface area contributed by atoms with Crippen molar-refractivity contribution in [3.8, 4) is 5.75 Å². The number of benzene rings is 1. The van der Waals surface area contributed by atoms with Crippen LogP contribution in [0.5, 0.6) is 5.75 Å². The van der Waals surface area contributed by atoms with Crippen LogP contribution in [-0.2, 0) is 4.74 Å². The first-order valence-electron chi connectivity index (χ1n) is 7.99. The van der Waals surface area contributed by atoms with Crippen molar-refractivity contribution in [2.24, 2.45) is 22.1 Å². The van der Waals surface area contributed by atoms with Crippen LogP contribution in [0.15, 0.2) is 23.2 Å². The summed E-state index contributed by atoms with van der Waals surface area (Å²) in [7, 11) is 1.59. The Morgan fingerprint density at radius 3 is 2.96 bits per heavy atom. The van der Waals surface area contributed by atoms with Crippen molar-refractivity contribution in [1.29, 1.82) is 0 Å². The Labute approximate surface area is 142 Å². The number of rotatable bonds is 3. The van der Waals surface area contributed by atoms with Gasteiger partial charge in [0.25, 0.3) is 0 Å². The summed E-state index contributed by atoms with van der Waals surface area (Å²) in [6, 6.07) is 5.64. The molecule has 1 aliphatic carbocycles. The fraction of sp³-hybridized carbons (Fsp3) is 0.588. The van der Waals surface area contributed by atoms with Gasteiger partial charge in [0.2, 0.25) is 0 Å². The maximum absolute atomic E-state index is 6.13. The molecule has 1 aromatic carbocycles. The molecule has 1 saturated carbocycles. The molecule has 6 heteroatoms. The number of nitrogens with two attached hydrogens (primary N) is 1. The van der Waals surface area contributed by atoms with E-state index in [1.54, 1.807) is 19.2 Å². The lowest BCUT2D eigenvalue weighted by Crippen LogP contribution is -2.64. The van der Waals surface area contributed by atoms with Crippen molar-refractivity contribution in [2.45, 2.75) is 38.8 Å². The number of methoxy groups -OCH3 is 1. The molecule has 3 N–H and O–H groups in total. The van der Waals surface area contributed by atoms with E-state index in [4.69, 9.17) is 31.8 Å². The smallest absolute Gasteiger partial charge is 0.193 e. The topological polar surface area (TPSA) is 68.9 Å². The molecule has 3 unspecified atom stereocenters. The standard InChI is InChI=1S/C17H24ClN3O2/c1-17(2)14(11-5-4-8-23-15(11)17)21-16(19)20-10-6-7-13(22-3)12(18)9-10/h6-7,9,11,14-15H,4-5,8H2,1-3H3,(H3,19,20,21). The minimum absolute atomic E-state index is 0.0228. The van der Waals surface area contributed by atoms with Gasteiger partial charge >= 0.3 is 0 Å². The third-order valence-corrected chi connectivity index (χ3v) is 5.27. The van der Waals surface area contributed by atoms with Gasteiger partial charge in [-0.1, -0.05) is 25.4 Å². The highest BCUT2D eigenvalue weighted by molar-refractivity contribution is 6.32. The molecule has 5 nitrogen and oxygen atoms in total. The van der Waals surface area contributed by atoms with Crippen LogP contribution >= 0.6 is 11.6 Å². The molecule has 0 amide bonds. The van der Waals surface area contributed by atoms with Crippen molar-refractivity contribution >= 4 is 23.2 Å². The number of hydrogen-bond acceptors (Lipinski definition) is 3. The van der Waals surface area contributed by atoms with Gasteiger partial charge in [-0.15, -0.1) is 0 Å². The van der Waals surface area contributed by atoms with E-state index in [0.29, 0.717) is 28.8 Å². The molecule has 1 saturated heterocycles. The third kappa shape index (κ3) is 3.00. The maximum Gasteiger partial charge on any atom is 0.193 e. The van der Waals surface area contributed by atoms with E-state index in [2.05, 4.69) is 19.2 Å². The molecular formula is C17H24ClN3O2. The number of halogens is 1. The molecule has 0 radical (unpaired) electrons. The highest BCUT2D eigenvalue weighted by atomic mass is 35.5.